The lowest BCUT2D eigenvalue weighted by molar-refractivity contribution is 0.261. The highest BCUT2D eigenvalue weighted by atomic mass is 32.2. The minimum Gasteiger partial charge on any atom is -0.369 e. The molecule has 0 amide bonds. The summed E-state index contributed by atoms with van der Waals surface area (Å²) in [6, 6.07) is 0. The molecule has 2 heterocycles. The second-order valence-electron chi connectivity index (χ2n) is 6.25. The van der Waals surface area contributed by atoms with Crippen LogP contribution >= 0.6 is 0 Å². The van der Waals surface area contributed by atoms with Crippen molar-refractivity contribution in [3.8, 4) is 0 Å². The van der Waals surface area contributed by atoms with E-state index in [2.05, 4.69) is 4.31 Å². The Bertz CT molecular complexity index is 554. The summed E-state index contributed by atoms with van der Waals surface area (Å²) in [5.74, 6) is 1.09. The van der Waals surface area contributed by atoms with E-state index in [0.29, 0.717) is 5.96 Å². The number of nitrogens with zero attached hydrogens (tertiary/aromatic N) is 3. The molecule has 0 saturated carbocycles. The Morgan fingerprint density at radius 2 is 2.29 bits per heavy atom. The zero-order valence-electron chi connectivity index (χ0n) is 12.6. The van der Waals surface area contributed by atoms with Crippen molar-refractivity contribution >= 4 is 16.8 Å². The van der Waals surface area contributed by atoms with E-state index < -0.39 is 5.54 Å². The topological polar surface area (TPSA) is 54.0 Å². The fraction of sp³-hybridized carbons (Fsp3) is 0.667. The highest BCUT2D eigenvalue weighted by molar-refractivity contribution is 7.85. The third-order valence-electron chi connectivity index (χ3n) is 4.47. The maximum absolute atomic E-state index is 14.4. The Labute approximate surface area is 128 Å². The molecule has 0 fully saturated rings. The second-order valence-corrected chi connectivity index (χ2v) is 7.91. The smallest absolute Gasteiger partial charge is 0.202 e. The zero-order chi connectivity index (χ0) is 15.0. The zero-order valence-corrected chi connectivity index (χ0v) is 13.4. The third-order valence-corrected chi connectivity index (χ3v) is 6.68. The molecule has 0 radical (unpaired) electrons. The van der Waals surface area contributed by atoms with Crippen LogP contribution < -0.4 is 5.73 Å². The number of hydrogen-bond acceptors (Lipinski definition) is 4. The fourth-order valence-electron chi connectivity index (χ4n) is 3.48. The average molecular weight is 310 g/mol. The summed E-state index contributed by atoms with van der Waals surface area (Å²) in [7, 11) is -0.266. The number of rotatable bonds is 1. The van der Waals surface area contributed by atoms with E-state index in [-0.39, 0.29) is 28.5 Å². The van der Waals surface area contributed by atoms with Crippen LogP contribution in [0.2, 0.25) is 0 Å². The van der Waals surface area contributed by atoms with Crippen molar-refractivity contribution < 1.29 is 4.39 Å². The molecule has 0 aromatic heterocycles. The third kappa shape index (κ3) is 2.65. The maximum Gasteiger partial charge on any atom is 0.202 e. The molecule has 2 aliphatic heterocycles. The van der Waals surface area contributed by atoms with Crippen molar-refractivity contribution in [2.45, 2.75) is 32.2 Å². The van der Waals surface area contributed by atoms with Crippen LogP contribution in [0.1, 0.15) is 26.7 Å². The minimum absolute atomic E-state index is 0.0871. The summed E-state index contributed by atoms with van der Waals surface area (Å²) in [6.07, 6.45) is 7.59. The van der Waals surface area contributed by atoms with Gasteiger partial charge >= 0.3 is 0 Å². The highest BCUT2D eigenvalue weighted by Crippen LogP contribution is 2.41. The monoisotopic (exact) mass is 310 g/mol. The van der Waals surface area contributed by atoms with Gasteiger partial charge in [-0.3, -0.25) is 4.31 Å². The van der Waals surface area contributed by atoms with E-state index in [1.54, 1.807) is 12.2 Å². The van der Waals surface area contributed by atoms with E-state index in [4.69, 9.17) is 15.1 Å². The minimum atomic E-state index is -0.512. The van der Waals surface area contributed by atoms with Gasteiger partial charge < -0.3 is 5.73 Å². The van der Waals surface area contributed by atoms with Gasteiger partial charge in [-0.1, -0.05) is 19.1 Å². The number of nitrogens with two attached hydrogens (primary N) is 1. The second kappa shape index (κ2) is 5.55. The molecule has 2 unspecified atom stereocenters. The molecule has 1 aliphatic carbocycles. The summed E-state index contributed by atoms with van der Waals surface area (Å²) in [6.45, 7) is 5.86. The highest BCUT2D eigenvalue weighted by Gasteiger charge is 2.45. The molecule has 3 rings (SSSR count). The first kappa shape index (κ1) is 14.8. The summed E-state index contributed by atoms with van der Waals surface area (Å²) in [5.41, 5.74) is 5.68. The SMILES string of the molecule is CC1C=CC=C(F)C1[C@]1(C)C[S@@]2=NCCCCN2C(N)=N1. The molecule has 6 heteroatoms. The molecule has 116 valence electrons. The van der Waals surface area contributed by atoms with Crippen LogP contribution in [0.4, 0.5) is 4.39 Å². The first-order valence-electron chi connectivity index (χ1n) is 7.57. The van der Waals surface area contributed by atoms with Gasteiger partial charge in [-0.05, 0) is 42.6 Å². The van der Waals surface area contributed by atoms with Crippen LogP contribution in [0, 0.1) is 11.8 Å². The summed E-state index contributed by atoms with van der Waals surface area (Å²) in [4.78, 5) is 4.72. The molecule has 0 spiro atoms. The molecule has 21 heavy (non-hydrogen) atoms. The van der Waals surface area contributed by atoms with Crippen LogP contribution in [0.25, 0.3) is 0 Å². The molecule has 2 N–H and O–H groups in total. The Balaban J connectivity index is 1.98. The van der Waals surface area contributed by atoms with E-state index in [9.17, 15) is 4.39 Å². The van der Waals surface area contributed by atoms with Gasteiger partial charge in [0.2, 0.25) is 5.96 Å². The first-order valence-corrected chi connectivity index (χ1v) is 8.87. The van der Waals surface area contributed by atoms with Gasteiger partial charge in [0.1, 0.15) is 5.83 Å². The van der Waals surface area contributed by atoms with Crippen LogP contribution in [0.15, 0.2) is 33.4 Å². The standard InChI is InChI=1S/C15H23FN4S/c1-11-6-5-7-12(16)13(11)15(2)10-21-18-8-3-4-9-20(21)14(17)19-15/h5-7,11,13H,3-4,8-10H2,1-2H3,(H2,17,19)/t11?,13?,15-,21+/m0/s1. The molecular formula is C15H23FN4S. The lowest BCUT2D eigenvalue weighted by Gasteiger charge is -2.43. The Kier molecular flexibility index (Phi) is 3.90. The van der Waals surface area contributed by atoms with Crippen LogP contribution in [-0.2, 0) is 10.9 Å². The Morgan fingerprint density at radius 1 is 1.48 bits per heavy atom. The predicted octanol–water partition coefficient (Wildman–Crippen LogP) is 2.56. The molecule has 0 bridgehead atoms. The number of fused-ring (bicyclic) bond motifs is 1. The van der Waals surface area contributed by atoms with Gasteiger partial charge in [0.05, 0.1) is 5.54 Å². The normalized spacial score (nSPS) is 39.8. The summed E-state index contributed by atoms with van der Waals surface area (Å²) >= 11 is 0. The van der Waals surface area contributed by atoms with Gasteiger partial charge in [0.25, 0.3) is 0 Å². The number of guanidine groups is 1. The van der Waals surface area contributed by atoms with Gasteiger partial charge in [-0.25, -0.2) is 13.7 Å². The first-order chi connectivity index (χ1) is 10.0. The maximum atomic E-state index is 14.4. The molecule has 0 saturated heterocycles. The van der Waals surface area contributed by atoms with E-state index in [0.717, 1.165) is 31.7 Å². The molecule has 0 aromatic carbocycles. The molecular weight excluding hydrogens is 287 g/mol. The lowest BCUT2D eigenvalue weighted by Crippen LogP contribution is -2.54. The largest absolute Gasteiger partial charge is 0.369 e. The van der Waals surface area contributed by atoms with Crippen molar-refractivity contribution in [3.05, 3.63) is 24.1 Å². The number of allylic oxidation sites excluding steroid dienone is 3. The van der Waals surface area contributed by atoms with Gasteiger partial charge in [0, 0.05) is 24.8 Å². The number of halogens is 1. The summed E-state index contributed by atoms with van der Waals surface area (Å²) < 4.78 is 21.3. The molecule has 4 nitrogen and oxygen atoms in total. The Hall–Kier alpha value is -1.17. The predicted molar refractivity (Wildman–Crippen MR) is 86.5 cm³/mol. The van der Waals surface area contributed by atoms with E-state index in [1.807, 2.05) is 19.9 Å². The number of aliphatic imine (C=N–C) groups is 1. The lowest BCUT2D eigenvalue weighted by atomic mass is 9.76. The van der Waals surface area contributed by atoms with Crippen molar-refractivity contribution in [2.24, 2.45) is 26.9 Å². The number of hydrogen-bond donors (Lipinski definition) is 1. The van der Waals surface area contributed by atoms with Crippen LogP contribution in [0.5, 0.6) is 0 Å². The van der Waals surface area contributed by atoms with Crippen molar-refractivity contribution in [1.82, 2.24) is 4.31 Å². The summed E-state index contributed by atoms with van der Waals surface area (Å²) in [5, 5.41) is 0. The van der Waals surface area contributed by atoms with Gasteiger partial charge in [0.15, 0.2) is 0 Å². The van der Waals surface area contributed by atoms with E-state index in [1.165, 1.54) is 0 Å². The van der Waals surface area contributed by atoms with Crippen LogP contribution in [-0.4, -0.2) is 34.6 Å². The van der Waals surface area contributed by atoms with Gasteiger partial charge in [-0.15, -0.1) is 0 Å². The molecule has 0 aromatic rings. The van der Waals surface area contributed by atoms with Crippen molar-refractivity contribution in [1.29, 1.82) is 0 Å². The van der Waals surface area contributed by atoms with E-state index >= 15 is 0 Å². The average Bonchev–Trinajstić information content (AvgIpc) is 2.63. The molecule has 3 aliphatic rings. The fourth-order valence-corrected chi connectivity index (χ4v) is 5.57. The van der Waals surface area contributed by atoms with Crippen molar-refractivity contribution in [2.75, 3.05) is 18.8 Å². The van der Waals surface area contributed by atoms with Gasteiger partial charge in [-0.2, -0.15) is 0 Å². The van der Waals surface area contributed by atoms with Crippen LogP contribution in [0.3, 0.4) is 0 Å². The van der Waals surface area contributed by atoms with Crippen molar-refractivity contribution in [3.63, 3.8) is 0 Å². The molecule has 4 atom stereocenters. The Morgan fingerprint density at radius 3 is 3.05 bits per heavy atom. The quantitative estimate of drug-likeness (QED) is 0.809.